The summed E-state index contributed by atoms with van der Waals surface area (Å²) in [6.45, 7) is 0. The molecule has 2 nitrogen and oxygen atoms in total. The zero-order chi connectivity index (χ0) is 23.9. The molecule has 0 aliphatic heterocycles. The van der Waals surface area contributed by atoms with Gasteiger partial charge in [-0.1, -0.05) is 78.9 Å². The topological polar surface area (TPSA) is 6.48 Å². The second kappa shape index (κ2) is 10.8. The molecule has 0 aliphatic carbocycles. The molecule has 0 saturated carbocycles. The lowest BCUT2D eigenvalue weighted by Crippen LogP contribution is -2.09. The molecule has 0 heterocycles. The van der Waals surface area contributed by atoms with Gasteiger partial charge in [-0.05, 0) is 84.6 Å². The van der Waals surface area contributed by atoms with Gasteiger partial charge in [0, 0.05) is 35.5 Å². The van der Waals surface area contributed by atoms with Gasteiger partial charge >= 0.3 is 0 Å². The first-order chi connectivity index (χ1) is 17.3. The molecular weight excluding hydrogens is 424 g/mol. The standard InChI is InChI=1S/C33H30N2/c1-34(29-11-5-2-6-12-29)30-23-19-27(20-24-30)17-18-28-21-25-33(26-22-28)35(31-13-7-3-8-14-31)32-15-9-4-10-16-32/h2-16,19-26H,17-18H2,1H3. The molecule has 0 atom stereocenters. The number of para-hydroxylation sites is 3. The fourth-order valence-corrected chi connectivity index (χ4v) is 4.39. The average Bonchev–Trinajstić information content (AvgIpc) is 2.94. The first-order valence-electron chi connectivity index (χ1n) is 12.1. The van der Waals surface area contributed by atoms with Crippen LogP contribution in [0.5, 0.6) is 0 Å². The van der Waals surface area contributed by atoms with Crippen molar-refractivity contribution in [3.63, 3.8) is 0 Å². The molecule has 172 valence electrons. The Labute approximate surface area is 208 Å². The summed E-state index contributed by atoms with van der Waals surface area (Å²) in [5, 5.41) is 0. The highest BCUT2D eigenvalue weighted by Gasteiger charge is 2.11. The molecule has 0 radical (unpaired) electrons. The normalized spacial score (nSPS) is 10.7. The van der Waals surface area contributed by atoms with Gasteiger partial charge in [-0.25, -0.2) is 0 Å². The Morgan fingerprint density at radius 2 is 0.686 bits per heavy atom. The summed E-state index contributed by atoms with van der Waals surface area (Å²) >= 11 is 0. The van der Waals surface area contributed by atoms with Crippen molar-refractivity contribution in [2.45, 2.75) is 12.8 Å². The van der Waals surface area contributed by atoms with Gasteiger partial charge in [0.15, 0.2) is 0 Å². The van der Waals surface area contributed by atoms with Crippen molar-refractivity contribution < 1.29 is 0 Å². The molecular formula is C33H30N2. The van der Waals surface area contributed by atoms with Gasteiger partial charge in [0.25, 0.3) is 0 Å². The largest absolute Gasteiger partial charge is 0.345 e. The van der Waals surface area contributed by atoms with Crippen LogP contribution in [0.1, 0.15) is 11.1 Å². The van der Waals surface area contributed by atoms with Gasteiger partial charge in [-0.15, -0.1) is 0 Å². The Hall–Kier alpha value is -4.30. The van der Waals surface area contributed by atoms with Crippen LogP contribution in [-0.2, 0) is 12.8 Å². The van der Waals surface area contributed by atoms with Crippen molar-refractivity contribution in [2.75, 3.05) is 16.8 Å². The molecule has 2 heteroatoms. The lowest BCUT2D eigenvalue weighted by molar-refractivity contribution is 0.959. The Kier molecular flexibility index (Phi) is 6.91. The lowest BCUT2D eigenvalue weighted by Gasteiger charge is -2.25. The van der Waals surface area contributed by atoms with Crippen LogP contribution >= 0.6 is 0 Å². The van der Waals surface area contributed by atoms with E-state index in [0.29, 0.717) is 0 Å². The molecule has 5 aromatic carbocycles. The van der Waals surface area contributed by atoms with Gasteiger partial charge < -0.3 is 9.80 Å². The van der Waals surface area contributed by atoms with Crippen molar-refractivity contribution in [2.24, 2.45) is 0 Å². The molecule has 0 aliphatic rings. The second-order valence-corrected chi connectivity index (χ2v) is 8.73. The quantitative estimate of drug-likeness (QED) is 0.231. The Morgan fingerprint density at radius 3 is 1.11 bits per heavy atom. The van der Waals surface area contributed by atoms with Crippen molar-refractivity contribution >= 4 is 28.4 Å². The van der Waals surface area contributed by atoms with Crippen LogP contribution in [0.4, 0.5) is 28.4 Å². The molecule has 0 aromatic heterocycles. The van der Waals surface area contributed by atoms with Crippen LogP contribution in [-0.4, -0.2) is 7.05 Å². The van der Waals surface area contributed by atoms with Crippen molar-refractivity contribution in [3.8, 4) is 0 Å². The zero-order valence-electron chi connectivity index (χ0n) is 20.1. The summed E-state index contributed by atoms with van der Waals surface area (Å²) < 4.78 is 0. The minimum absolute atomic E-state index is 1.02. The molecule has 35 heavy (non-hydrogen) atoms. The summed E-state index contributed by atoms with van der Waals surface area (Å²) in [5.74, 6) is 0. The van der Waals surface area contributed by atoms with E-state index in [1.165, 1.54) is 28.2 Å². The molecule has 0 unspecified atom stereocenters. The maximum Gasteiger partial charge on any atom is 0.0461 e. The van der Waals surface area contributed by atoms with Crippen LogP contribution in [0.2, 0.25) is 0 Å². The van der Waals surface area contributed by atoms with Gasteiger partial charge in [0.2, 0.25) is 0 Å². The number of anilines is 5. The fourth-order valence-electron chi connectivity index (χ4n) is 4.39. The van der Waals surface area contributed by atoms with Gasteiger partial charge in [-0.2, -0.15) is 0 Å². The number of nitrogens with zero attached hydrogens (tertiary/aromatic N) is 2. The highest BCUT2D eigenvalue weighted by Crippen LogP contribution is 2.34. The summed E-state index contributed by atoms with van der Waals surface area (Å²) in [6.07, 6.45) is 2.04. The van der Waals surface area contributed by atoms with Crippen LogP contribution in [0, 0.1) is 0 Å². The molecule has 5 aromatic rings. The van der Waals surface area contributed by atoms with E-state index in [2.05, 4.69) is 150 Å². The summed E-state index contributed by atoms with van der Waals surface area (Å²) in [5.41, 5.74) is 8.58. The predicted molar refractivity (Wildman–Crippen MR) is 149 cm³/mol. The second-order valence-electron chi connectivity index (χ2n) is 8.73. The van der Waals surface area contributed by atoms with E-state index in [4.69, 9.17) is 0 Å². The maximum atomic E-state index is 2.30. The van der Waals surface area contributed by atoms with E-state index in [1.54, 1.807) is 0 Å². The molecule has 0 fully saturated rings. The SMILES string of the molecule is CN(c1ccccc1)c1ccc(CCc2ccc(N(c3ccccc3)c3ccccc3)cc2)cc1. The maximum absolute atomic E-state index is 2.30. The molecule has 5 rings (SSSR count). The van der Waals surface area contributed by atoms with Crippen LogP contribution < -0.4 is 9.80 Å². The Morgan fingerprint density at radius 1 is 0.371 bits per heavy atom. The van der Waals surface area contributed by atoms with Crippen molar-refractivity contribution in [1.82, 2.24) is 0 Å². The third kappa shape index (κ3) is 5.44. The highest BCUT2D eigenvalue weighted by molar-refractivity contribution is 5.76. The first kappa shape index (κ1) is 22.5. The van der Waals surface area contributed by atoms with Crippen LogP contribution in [0.15, 0.2) is 140 Å². The minimum Gasteiger partial charge on any atom is -0.345 e. The lowest BCUT2D eigenvalue weighted by atomic mass is 10.0. The molecule has 0 bridgehead atoms. The number of rotatable bonds is 8. The monoisotopic (exact) mass is 454 g/mol. The number of hydrogen-bond acceptors (Lipinski definition) is 2. The summed E-state index contributed by atoms with van der Waals surface area (Å²) in [7, 11) is 2.11. The van der Waals surface area contributed by atoms with Crippen LogP contribution in [0.25, 0.3) is 0 Å². The zero-order valence-corrected chi connectivity index (χ0v) is 20.1. The summed E-state index contributed by atoms with van der Waals surface area (Å²) in [4.78, 5) is 4.51. The average molecular weight is 455 g/mol. The number of aryl methyl sites for hydroxylation is 2. The van der Waals surface area contributed by atoms with Gasteiger partial charge in [0.05, 0.1) is 0 Å². The van der Waals surface area contributed by atoms with E-state index in [9.17, 15) is 0 Å². The van der Waals surface area contributed by atoms with Gasteiger partial charge in [0.1, 0.15) is 0 Å². The molecule has 0 spiro atoms. The number of benzene rings is 5. The minimum atomic E-state index is 1.02. The van der Waals surface area contributed by atoms with E-state index in [-0.39, 0.29) is 0 Å². The molecule has 0 saturated heterocycles. The predicted octanol–water partition coefficient (Wildman–Crippen LogP) is 8.71. The van der Waals surface area contributed by atoms with E-state index in [1.807, 2.05) is 6.07 Å². The van der Waals surface area contributed by atoms with E-state index >= 15 is 0 Å². The number of hydrogen-bond donors (Lipinski definition) is 0. The molecule has 0 amide bonds. The van der Waals surface area contributed by atoms with Crippen LogP contribution in [0.3, 0.4) is 0 Å². The Balaban J connectivity index is 1.27. The van der Waals surface area contributed by atoms with E-state index in [0.717, 1.165) is 24.2 Å². The third-order valence-corrected chi connectivity index (χ3v) is 6.39. The fraction of sp³-hybridized carbons (Fsp3) is 0.0909. The third-order valence-electron chi connectivity index (χ3n) is 6.39. The van der Waals surface area contributed by atoms with E-state index < -0.39 is 0 Å². The van der Waals surface area contributed by atoms with Gasteiger partial charge in [-0.3, -0.25) is 0 Å². The Bertz CT molecular complexity index is 1270. The molecule has 0 N–H and O–H groups in total. The first-order valence-corrected chi connectivity index (χ1v) is 12.1. The highest BCUT2D eigenvalue weighted by atomic mass is 15.1. The smallest absolute Gasteiger partial charge is 0.0461 e. The van der Waals surface area contributed by atoms with Crippen molar-refractivity contribution in [3.05, 3.63) is 151 Å². The summed E-state index contributed by atoms with van der Waals surface area (Å²) in [6, 6.07) is 49.4. The van der Waals surface area contributed by atoms with Crippen molar-refractivity contribution in [1.29, 1.82) is 0 Å².